The van der Waals surface area contributed by atoms with Gasteiger partial charge in [-0.3, -0.25) is 9.78 Å². The van der Waals surface area contributed by atoms with Gasteiger partial charge < -0.3 is 10.6 Å². The summed E-state index contributed by atoms with van der Waals surface area (Å²) in [6.45, 7) is 5.97. The first-order chi connectivity index (χ1) is 10.5. The molecule has 0 bridgehead atoms. The summed E-state index contributed by atoms with van der Waals surface area (Å²) in [4.78, 5) is 17.3. The zero-order valence-electron chi connectivity index (χ0n) is 12.8. The van der Waals surface area contributed by atoms with Gasteiger partial charge in [-0.25, -0.2) is 0 Å². The van der Waals surface area contributed by atoms with E-state index in [1.54, 1.807) is 0 Å². The number of benzene rings is 1. The number of nitrogens with one attached hydrogen (secondary N) is 2. The summed E-state index contributed by atoms with van der Waals surface area (Å²) in [5.41, 5.74) is 2.40. The van der Waals surface area contributed by atoms with Crippen molar-refractivity contribution in [2.45, 2.75) is 26.3 Å². The van der Waals surface area contributed by atoms with E-state index in [0.717, 1.165) is 40.6 Å². The van der Waals surface area contributed by atoms with Crippen molar-refractivity contribution >= 4 is 32.7 Å². The minimum absolute atomic E-state index is 0.0193. The molecule has 116 valence electrons. The van der Waals surface area contributed by atoms with Crippen LogP contribution in [0.5, 0.6) is 0 Å². The van der Waals surface area contributed by atoms with E-state index in [1.165, 1.54) is 0 Å². The van der Waals surface area contributed by atoms with E-state index in [0.29, 0.717) is 11.5 Å². The largest absolute Gasteiger partial charge is 0.348 e. The number of carbonyl (C=O) groups is 1. The first-order valence-corrected chi connectivity index (χ1v) is 8.42. The molecule has 2 unspecified atom stereocenters. The first kappa shape index (κ1) is 15.4. The number of hydrogen-bond donors (Lipinski definition) is 2. The molecule has 3 rings (SSSR count). The fourth-order valence-electron chi connectivity index (χ4n) is 2.95. The van der Waals surface area contributed by atoms with Gasteiger partial charge in [-0.2, -0.15) is 0 Å². The molecule has 22 heavy (non-hydrogen) atoms. The summed E-state index contributed by atoms with van der Waals surface area (Å²) in [6, 6.07) is 7.89. The third-order valence-corrected chi connectivity index (χ3v) is 4.78. The third kappa shape index (κ3) is 3.15. The van der Waals surface area contributed by atoms with E-state index in [4.69, 9.17) is 0 Å². The van der Waals surface area contributed by atoms with Crippen molar-refractivity contribution in [2.75, 3.05) is 13.1 Å². The summed E-state index contributed by atoms with van der Waals surface area (Å²) in [5.74, 6) is 0.472. The van der Waals surface area contributed by atoms with E-state index in [2.05, 4.69) is 38.5 Å². The standard InChI is InChI=1S/C17H20BrN3O/c1-10-5-6-19-9-16(10)21-17(22)14-7-11(2)20-15-4-3-12(18)8-13(14)15/h3-4,7-8,10,16,19H,5-6,9H2,1-2H3,(H,21,22). The lowest BCUT2D eigenvalue weighted by molar-refractivity contribution is 0.0917. The third-order valence-electron chi connectivity index (χ3n) is 4.29. The van der Waals surface area contributed by atoms with Gasteiger partial charge in [-0.05, 0) is 50.1 Å². The van der Waals surface area contributed by atoms with E-state index < -0.39 is 0 Å². The maximum Gasteiger partial charge on any atom is 0.252 e. The van der Waals surface area contributed by atoms with E-state index >= 15 is 0 Å². The maximum absolute atomic E-state index is 12.8. The number of nitrogens with zero attached hydrogens (tertiary/aromatic N) is 1. The predicted molar refractivity (Wildman–Crippen MR) is 92.1 cm³/mol. The number of fused-ring (bicyclic) bond motifs is 1. The van der Waals surface area contributed by atoms with Crippen LogP contribution in [0.15, 0.2) is 28.7 Å². The molecule has 1 aliphatic heterocycles. The second-order valence-electron chi connectivity index (χ2n) is 6.02. The molecule has 0 radical (unpaired) electrons. The van der Waals surface area contributed by atoms with Crippen LogP contribution >= 0.6 is 15.9 Å². The fourth-order valence-corrected chi connectivity index (χ4v) is 3.31. The van der Waals surface area contributed by atoms with Crippen LogP contribution in [-0.2, 0) is 0 Å². The van der Waals surface area contributed by atoms with Gasteiger partial charge in [0.2, 0.25) is 0 Å². The molecule has 2 aromatic rings. The second-order valence-corrected chi connectivity index (χ2v) is 6.94. The van der Waals surface area contributed by atoms with E-state index in [-0.39, 0.29) is 11.9 Å². The van der Waals surface area contributed by atoms with Crippen LogP contribution < -0.4 is 10.6 Å². The van der Waals surface area contributed by atoms with Gasteiger partial charge in [-0.15, -0.1) is 0 Å². The number of rotatable bonds is 2. The molecule has 0 saturated carbocycles. The number of pyridine rings is 1. The Morgan fingerprint density at radius 3 is 3.00 bits per heavy atom. The van der Waals surface area contributed by atoms with Gasteiger partial charge in [0.1, 0.15) is 0 Å². The Kier molecular flexibility index (Phi) is 4.45. The predicted octanol–water partition coefficient (Wildman–Crippen LogP) is 3.03. The lowest BCUT2D eigenvalue weighted by Gasteiger charge is -2.30. The van der Waals surface area contributed by atoms with Gasteiger partial charge in [-0.1, -0.05) is 22.9 Å². The first-order valence-electron chi connectivity index (χ1n) is 7.63. The normalized spacial score (nSPS) is 21.8. The number of hydrogen-bond acceptors (Lipinski definition) is 3. The summed E-state index contributed by atoms with van der Waals surface area (Å²) in [6.07, 6.45) is 1.09. The highest BCUT2D eigenvalue weighted by atomic mass is 79.9. The number of piperidine rings is 1. The molecule has 1 aliphatic rings. The second kappa shape index (κ2) is 6.34. The number of amides is 1. The SMILES string of the molecule is Cc1cc(C(=O)NC2CNCCC2C)c2cc(Br)ccc2n1. The van der Waals surface area contributed by atoms with Crippen LogP contribution in [0.4, 0.5) is 0 Å². The average Bonchev–Trinajstić information content (AvgIpc) is 2.49. The zero-order valence-corrected chi connectivity index (χ0v) is 14.4. The van der Waals surface area contributed by atoms with Crippen LogP contribution in [0.1, 0.15) is 29.4 Å². The van der Waals surface area contributed by atoms with Crippen LogP contribution in [0.2, 0.25) is 0 Å². The summed E-state index contributed by atoms with van der Waals surface area (Å²) in [5, 5.41) is 7.41. The Bertz CT molecular complexity index is 716. The van der Waals surface area contributed by atoms with Gasteiger partial charge in [0.05, 0.1) is 11.1 Å². The molecule has 1 saturated heterocycles. The van der Waals surface area contributed by atoms with Crippen LogP contribution in [-0.4, -0.2) is 30.0 Å². The molecule has 2 heterocycles. The van der Waals surface area contributed by atoms with Crippen molar-refractivity contribution in [1.82, 2.24) is 15.6 Å². The van der Waals surface area contributed by atoms with Crippen molar-refractivity contribution < 1.29 is 4.79 Å². The highest BCUT2D eigenvalue weighted by Gasteiger charge is 2.24. The summed E-state index contributed by atoms with van der Waals surface area (Å²) in [7, 11) is 0. The monoisotopic (exact) mass is 361 g/mol. The molecule has 1 aromatic heterocycles. The number of aryl methyl sites for hydroxylation is 1. The lowest BCUT2D eigenvalue weighted by atomic mass is 9.94. The van der Waals surface area contributed by atoms with E-state index in [9.17, 15) is 4.79 Å². The van der Waals surface area contributed by atoms with Crippen molar-refractivity contribution in [1.29, 1.82) is 0 Å². The molecule has 1 aromatic carbocycles. The topological polar surface area (TPSA) is 54.0 Å². The molecule has 1 amide bonds. The van der Waals surface area contributed by atoms with Gasteiger partial charge in [0.25, 0.3) is 5.91 Å². The highest BCUT2D eigenvalue weighted by Crippen LogP contribution is 2.23. The molecule has 2 atom stereocenters. The van der Waals surface area contributed by atoms with Gasteiger partial charge in [0, 0.05) is 28.1 Å². The molecule has 2 N–H and O–H groups in total. The van der Waals surface area contributed by atoms with Gasteiger partial charge in [0.15, 0.2) is 0 Å². The lowest BCUT2D eigenvalue weighted by Crippen LogP contribution is -2.50. The molecule has 0 spiro atoms. The number of halogens is 1. The maximum atomic E-state index is 12.8. The van der Waals surface area contributed by atoms with Gasteiger partial charge >= 0.3 is 0 Å². The van der Waals surface area contributed by atoms with Crippen LogP contribution in [0.3, 0.4) is 0 Å². The highest BCUT2D eigenvalue weighted by molar-refractivity contribution is 9.10. The molecular formula is C17H20BrN3O. The Hall–Kier alpha value is -1.46. The number of carbonyl (C=O) groups excluding carboxylic acids is 1. The van der Waals surface area contributed by atoms with Crippen molar-refractivity contribution in [3.63, 3.8) is 0 Å². The molecule has 5 heteroatoms. The molecule has 4 nitrogen and oxygen atoms in total. The van der Waals surface area contributed by atoms with Crippen LogP contribution in [0.25, 0.3) is 10.9 Å². The summed E-state index contributed by atoms with van der Waals surface area (Å²) < 4.78 is 0.951. The molecular weight excluding hydrogens is 342 g/mol. The number of aromatic nitrogens is 1. The zero-order chi connectivity index (χ0) is 15.7. The Labute approximate surface area is 138 Å². The molecule has 1 fully saturated rings. The Morgan fingerprint density at radius 1 is 1.41 bits per heavy atom. The minimum atomic E-state index is -0.0193. The smallest absolute Gasteiger partial charge is 0.252 e. The quantitative estimate of drug-likeness (QED) is 0.864. The minimum Gasteiger partial charge on any atom is -0.348 e. The average molecular weight is 362 g/mol. The van der Waals surface area contributed by atoms with Crippen LogP contribution in [0, 0.1) is 12.8 Å². The molecule has 0 aliphatic carbocycles. The van der Waals surface area contributed by atoms with Crippen molar-refractivity contribution in [3.8, 4) is 0 Å². The van der Waals surface area contributed by atoms with Crippen molar-refractivity contribution in [3.05, 3.63) is 40.0 Å². The fraction of sp³-hybridized carbons (Fsp3) is 0.412. The summed E-state index contributed by atoms with van der Waals surface area (Å²) >= 11 is 3.47. The Morgan fingerprint density at radius 2 is 2.23 bits per heavy atom. The van der Waals surface area contributed by atoms with Crippen molar-refractivity contribution in [2.24, 2.45) is 5.92 Å². The van der Waals surface area contributed by atoms with E-state index in [1.807, 2.05) is 31.2 Å². The Balaban J connectivity index is 1.94.